The maximum Gasteiger partial charge on any atom is 0.222 e. The number of aryl methyl sites for hydroxylation is 3. The minimum Gasteiger partial charge on any atom is -0.343 e. The summed E-state index contributed by atoms with van der Waals surface area (Å²) in [6.45, 7) is 8.29. The number of nitrogens with zero attached hydrogens (tertiary/aromatic N) is 3. The monoisotopic (exact) mass is 373 g/mol. The van der Waals surface area contributed by atoms with Crippen molar-refractivity contribution in [2.24, 2.45) is 5.92 Å². The zero-order chi connectivity index (χ0) is 18.3. The Balaban J connectivity index is 1.40. The fourth-order valence-corrected chi connectivity index (χ4v) is 6.04. The number of amides is 1. The maximum atomic E-state index is 12.7. The first-order valence-electron chi connectivity index (χ1n) is 10.3. The lowest BCUT2D eigenvalue weighted by Gasteiger charge is -2.33. The average molecular weight is 374 g/mol. The predicted octanol–water partition coefficient (Wildman–Crippen LogP) is 5.00. The molecule has 0 unspecified atom stereocenters. The van der Waals surface area contributed by atoms with Crippen LogP contribution < -0.4 is 0 Å². The van der Waals surface area contributed by atoms with Gasteiger partial charge in [0, 0.05) is 36.0 Å². The summed E-state index contributed by atoms with van der Waals surface area (Å²) >= 11 is 1.87. The molecule has 0 radical (unpaired) electrons. The number of thiazole rings is 1. The Bertz CT molecular complexity index is 792. The van der Waals surface area contributed by atoms with Crippen LogP contribution >= 0.6 is 11.3 Å². The van der Waals surface area contributed by atoms with Crippen LogP contribution in [0.1, 0.15) is 79.4 Å². The molecule has 26 heavy (non-hydrogen) atoms. The lowest BCUT2D eigenvalue weighted by Crippen LogP contribution is -2.38. The van der Waals surface area contributed by atoms with E-state index in [-0.39, 0.29) is 0 Å². The number of imidazole rings is 1. The van der Waals surface area contributed by atoms with Crippen molar-refractivity contribution in [3.63, 3.8) is 0 Å². The number of likely N-dealkylation sites (tertiary alicyclic amines) is 1. The van der Waals surface area contributed by atoms with Crippen LogP contribution in [0.15, 0.2) is 0 Å². The van der Waals surface area contributed by atoms with E-state index >= 15 is 0 Å². The van der Waals surface area contributed by atoms with E-state index < -0.39 is 0 Å². The minimum absolute atomic E-state index is 0.393. The van der Waals surface area contributed by atoms with Gasteiger partial charge in [-0.15, -0.1) is 11.3 Å². The Morgan fingerprint density at radius 3 is 2.46 bits per heavy atom. The van der Waals surface area contributed by atoms with Crippen molar-refractivity contribution < 1.29 is 4.79 Å². The summed E-state index contributed by atoms with van der Waals surface area (Å²) in [5.41, 5.74) is 2.59. The summed E-state index contributed by atoms with van der Waals surface area (Å²) < 4.78 is 2.32. The highest BCUT2D eigenvalue weighted by molar-refractivity contribution is 7.17. The number of hydrogen-bond donors (Lipinski definition) is 0. The van der Waals surface area contributed by atoms with E-state index in [2.05, 4.69) is 30.1 Å². The highest BCUT2D eigenvalue weighted by Gasteiger charge is 2.29. The number of carbonyl (C=O) groups is 1. The molecule has 2 fully saturated rings. The molecule has 3 heterocycles. The van der Waals surface area contributed by atoms with Crippen molar-refractivity contribution in [2.45, 2.75) is 78.1 Å². The number of fused-ring (bicyclic) bond motifs is 1. The highest BCUT2D eigenvalue weighted by atomic mass is 32.1. The molecule has 2 aromatic heterocycles. The second kappa shape index (κ2) is 7.34. The van der Waals surface area contributed by atoms with Crippen LogP contribution in [0, 0.1) is 26.7 Å². The summed E-state index contributed by atoms with van der Waals surface area (Å²) in [4.78, 5) is 22.4. The highest BCUT2D eigenvalue weighted by Crippen LogP contribution is 2.36. The first kappa shape index (κ1) is 18.0. The van der Waals surface area contributed by atoms with E-state index in [9.17, 15) is 4.79 Å². The molecule has 2 aromatic rings. The molecular formula is C21H31N3OS. The van der Waals surface area contributed by atoms with Gasteiger partial charge in [-0.1, -0.05) is 19.3 Å². The van der Waals surface area contributed by atoms with Gasteiger partial charge in [-0.25, -0.2) is 4.98 Å². The van der Waals surface area contributed by atoms with E-state index in [1.165, 1.54) is 53.2 Å². The molecule has 1 saturated heterocycles. The molecular weight excluding hydrogens is 342 g/mol. The molecule has 2 aliphatic rings. The van der Waals surface area contributed by atoms with E-state index in [4.69, 9.17) is 4.98 Å². The molecule has 1 saturated carbocycles. The molecule has 1 aliphatic carbocycles. The minimum atomic E-state index is 0.393. The number of piperidine rings is 1. The summed E-state index contributed by atoms with van der Waals surface area (Å²) in [5, 5.41) is 0. The van der Waals surface area contributed by atoms with Crippen molar-refractivity contribution in [3.8, 4) is 0 Å². The second-order valence-electron chi connectivity index (χ2n) is 8.29. The number of aromatic nitrogens is 2. The van der Waals surface area contributed by atoms with Gasteiger partial charge in [-0.05, 0) is 52.4 Å². The first-order valence-corrected chi connectivity index (χ1v) is 11.1. The lowest BCUT2D eigenvalue weighted by atomic mass is 9.86. The maximum absolute atomic E-state index is 12.7. The van der Waals surface area contributed by atoms with Gasteiger partial charge in [0.15, 0.2) is 0 Å². The molecule has 4 nitrogen and oxygen atoms in total. The van der Waals surface area contributed by atoms with Gasteiger partial charge >= 0.3 is 0 Å². The Hall–Kier alpha value is -1.36. The van der Waals surface area contributed by atoms with Gasteiger partial charge in [0.2, 0.25) is 5.91 Å². The van der Waals surface area contributed by atoms with Crippen LogP contribution in [-0.2, 0) is 4.79 Å². The fourth-order valence-electron chi connectivity index (χ4n) is 4.84. The van der Waals surface area contributed by atoms with Gasteiger partial charge in [0.25, 0.3) is 0 Å². The van der Waals surface area contributed by atoms with Crippen molar-refractivity contribution in [1.29, 1.82) is 0 Å². The van der Waals surface area contributed by atoms with Crippen molar-refractivity contribution in [3.05, 3.63) is 22.1 Å². The molecule has 0 aromatic carbocycles. The molecule has 1 amide bonds. The van der Waals surface area contributed by atoms with Crippen molar-refractivity contribution in [2.75, 3.05) is 13.1 Å². The largest absolute Gasteiger partial charge is 0.343 e. The van der Waals surface area contributed by atoms with Crippen LogP contribution in [0.5, 0.6) is 0 Å². The number of rotatable bonds is 3. The summed E-state index contributed by atoms with van der Waals surface area (Å²) in [6, 6.07) is 0. The molecule has 142 valence electrons. The molecule has 5 heteroatoms. The van der Waals surface area contributed by atoms with Gasteiger partial charge in [-0.2, -0.15) is 0 Å². The van der Waals surface area contributed by atoms with E-state index in [0.717, 1.165) is 38.2 Å². The van der Waals surface area contributed by atoms with E-state index in [0.29, 0.717) is 17.7 Å². The quantitative estimate of drug-likeness (QED) is 0.759. The third kappa shape index (κ3) is 3.30. The van der Waals surface area contributed by atoms with Gasteiger partial charge in [-0.3, -0.25) is 9.20 Å². The third-order valence-corrected chi connectivity index (χ3v) is 7.73. The van der Waals surface area contributed by atoms with Crippen LogP contribution in [-0.4, -0.2) is 33.3 Å². The SMILES string of the molecule is Cc1sc2c(C3CCN(C(=O)CC4CCCCC4)CC3)nc(C)n2c1C. The lowest BCUT2D eigenvalue weighted by molar-refractivity contribution is -0.133. The molecule has 1 aliphatic heterocycles. The predicted molar refractivity (Wildman–Crippen MR) is 107 cm³/mol. The summed E-state index contributed by atoms with van der Waals surface area (Å²) in [6.07, 6.45) is 9.39. The average Bonchev–Trinajstić information content (AvgIpc) is 3.13. The van der Waals surface area contributed by atoms with Crippen LogP contribution in [0.2, 0.25) is 0 Å². The van der Waals surface area contributed by atoms with Gasteiger partial charge < -0.3 is 4.90 Å². The zero-order valence-corrected chi connectivity index (χ0v) is 17.2. The number of hydrogen-bond acceptors (Lipinski definition) is 3. The van der Waals surface area contributed by atoms with E-state index in [1.807, 2.05) is 11.3 Å². The third-order valence-electron chi connectivity index (χ3n) is 6.55. The Labute approximate surface area is 160 Å². The molecule has 4 rings (SSSR count). The van der Waals surface area contributed by atoms with Gasteiger partial charge in [0.1, 0.15) is 10.7 Å². The normalized spacial score (nSPS) is 20.2. The molecule has 0 N–H and O–H groups in total. The van der Waals surface area contributed by atoms with Crippen molar-refractivity contribution in [1.82, 2.24) is 14.3 Å². The standard InChI is InChI=1S/C21H31N3OS/c1-14-15(2)26-21-20(22-16(3)24(14)21)18-9-11-23(12-10-18)19(25)13-17-7-5-4-6-8-17/h17-18H,4-13H2,1-3H3. The summed E-state index contributed by atoms with van der Waals surface area (Å²) in [5.74, 6) is 2.63. The number of carbonyl (C=O) groups excluding carboxylic acids is 1. The Kier molecular flexibility index (Phi) is 5.09. The Morgan fingerprint density at radius 2 is 1.77 bits per heavy atom. The van der Waals surface area contributed by atoms with Crippen LogP contribution in [0.4, 0.5) is 0 Å². The topological polar surface area (TPSA) is 37.6 Å². The second-order valence-corrected chi connectivity index (χ2v) is 9.49. The van der Waals surface area contributed by atoms with E-state index in [1.54, 1.807) is 0 Å². The zero-order valence-electron chi connectivity index (χ0n) is 16.4. The van der Waals surface area contributed by atoms with Crippen molar-refractivity contribution >= 4 is 22.1 Å². The first-order chi connectivity index (χ1) is 12.5. The van der Waals surface area contributed by atoms with Gasteiger partial charge in [0.05, 0.1) is 5.69 Å². The molecule has 0 atom stereocenters. The summed E-state index contributed by atoms with van der Waals surface area (Å²) in [7, 11) is 0. The van der Waals surface area contributed by atoms with Crippen LogP contribution in [0.25, 0.3) is 4.83 Å². The smallest absolute Gasteiger partial charge is 0.222 e. The Morgan fingerprint density at radius 1 is 1.08 bits per heavy atom. The molecule has 0 spiro atoms. The molecule has 0 bridgehead atoms. The van der Waals surface area contributed by atoms with Crippen LogP contribution in [0.3, 0.4) is 0 Å². The fraction of sp³-hybridized carbons (Fsp3) is 0.714.